The summed E-state index contributed by atoms with van der Waals surface area (Å²) in [5.74, 6) is 0.122. The number of nitrogens with zero attached hydrogens (tertiary/aromatic N) is 3. The average Bonchev–Trinajstić information content (AvgIpc) is 2.83. The highest BCUT2D eigenvalue weighted by atomic mass is 16.7. The molecule has 0 spiro atoms. The molecule has 1 aromatic rings. The molecule has 17 heavy (non-hydrogen) atoms. The van der Waals surface area contributed by atoms with E-state index in [1.54, 1.807) is 26.5 Å². The van der Waals surface area contributed by atoms with Crippen LogP contribution in [0.25, 0.3) is 0 Å². The molecule has 6 heteroatoms. The fourth-order valence-electron chi connectivity index (χ4n) is 1.49. The number of aromatic nitrogens is 2. The van der Waals surface area contributed by atoms with Crippen molar-refractivity contribution in [1.29, 1.82) is 0 Å². The van der Waals surface area contributed by atoms with Crippen LogP contribution in [0.1, 0.15) is 19.8 Å². The van der Waals surface area contributed by atoms with Crippen molar-refractivity contribution in [3.8, 4) is 0 Å². The second kappa shape index (κ2) is 6.24. The van der Waals surface area contributed by atoms with Crippen LogP contribution in [0.2, 0.25) is 0 Å². The highest BCUT2D eigenvalue weighted by Crippen LogP contribution is 2.08. The first-order valence-corrected chi connectivity index (χ1v) is 5.67. The van der Waals surface area contributed by atoms with Crippen LogP contribution in [0.15, 0.2) is 17.2 Å². The monoisotopic (exact) mass is 241 g/mol. The highest BCUT2D eigenvalue weighted by molar-refractivity contribution is 5.76. The first-order valence-electron chi connectivity index (χ1n) is 5.67. The topological polar surface area (TPSA) is 56.5 Å². The maximum atomic E-state index is 10.8. The van der Waals surface area contributed by atoms with Crippen molar-refractivity contribution >= 4 is 5.91 Å². The molecule has 1 fully saturated rings. The van der Waals surface area contributed by atoms with Crippen LogP contribution in [-0.4, -0.2) is 33.3 Å². The third-order valence-electron chi connectivity index (χ3n) is 2.43. The summed E-state index contributed by atoms with van der Waals surface area (Å²) in [7, 11) is 3.45. The van der Waals surface area contributed by atoms with Crippen molar-refractivity contribution in [3.63, 3.8) is 0 Å². The zero-order valence-corrected chi connectivity index (χ0v) is 10.5. The Hall–Kier alpha value is -1.56. The summed E-state index contributed by atoms with van der Waals surface area (Å²) in [5.41, 5.74) is 0.0185. The number of rotatable bonds is 2. The minimum atomic E-state index is 0.0185. The summed E-state index contributed by atoms with van der Waals surface area (Å²) >= 11 is 0. The summed E-state index contributed by atoms with van der Waals surface area (Å²) in [4.78, 5) is 26.5. The van der Waals surface area contributed by atoms with Crippen molar-refractivity contribution in [1.82, 2.24) is 14.2 Å². The molecule has 0 unspecified atom stereocenters. The quantitative estimate of drug-likeness (QED) is 0.747. The van der Waals surface area contributed by atoms with Gasteiger partial charge >= 0.3 is 5.69 Å². The fourth-order valence-corrected chi connectivity index (χ4v) is 1.49. The number of aryl methyl sites for hydroxylation is 2. The van der Waals surface area contributed by atoms with Crippen LogP contribution >= 0.6 is 0 Å². The summed E-state index contributed by atoms with van der Waals surface area (Å²) in [5, 5.41) is 1.44. The lowest BCUT2D eigenvalue weighted by molar-refractivity contribution is -0.175. The van der Waals surface area contributed by atoms with E-state index < -0.39 is 0 Å². The number of hydrogen-bond donors (Lipinski definition) is 0. The van der Waals surface area contributed by atoms with E-state index in [4.69, 9.17) is 4.84 Å². The Balaban J connectivity index is 0.000000171. The fraction of sp³-hybridized carbons (Fsp3) is 0.636. The molecule has 1 saturated heterocycles. The van der Waals surface area contributed by atoms with E-state index in [-0.39, 0.29) is 11.6 Å². The molecule has 6 nitrogen and oxygen atoms in total. The van der Waals surface area contributed by atoms with Gasteiger partial charge in [-0.3, -0.25) is 9.63 Å². The summed E-state index contributed by atoms with van der Waals surface area (Å²) in [6, 6.07) is 0. The van der Waals surface area contributed by atoms with Gasteiger partial charge < -0.3 is 9.13 Å². The van der Waals surface area contributed by atoms with Gasteiger partial charge in [0.05, 0.1) is 6.61 Å². The van der Waals surface area contributed by atoms with Gasteiger partial charge in [-0.1, -0.05) is 0 Å². The lowest BCUT2D eigenvalue weighted by Crippen LogP contribution is -2.24. The average molecular weight is 241 g/mol. The van der Waals surface area contributed by atoms with Gasteiger partial charge in [0.25, 0.3) is 0 Å². The zero-order valence-electron chi connectivity index (χ0n) is 10.5. The van der Waals surface area contributed by atoms with Crippen LogP contribution in [0.3, 0.4) is 0 Å². The standard InChI is InChI=1S/C6H11NO2.C5H8N2O/c1-2-9-7-5-3-4-6(7)8;1-6-3-4-7(2)5(6)8/h2-5H2,1H3;3-4H,1-2H3. The minimum Gasteiger partial charge on any atom is -0.302 e. The Morgan fingerprint density at radius 1 is 1.24 bits per heavy atom. The Morgan fingerprint density at radius 2 is 1.82 bits per heavy atom. The Kier molecular flexibility index (Phi) is 4.96. The van der Waals surface area contributed by atoms with Crippen molar-refractivity contribution in [2.75, 3.05) is 13.2 Å². The number of hydrogen-bond acceptors (Lipinski definition) is 3. The van der Waals surface area contributed by atoms with Crippen molar-refractivity contribution in [2.45, 2.75) is 19.8 Å². The number of carbonyl (C=O) groups is 1. The Morgan fingerprint density at radius 3 is 2.12 bits per heavy atom. The van der Waals surface area contributed by atoms with Crippen LogP contribution in [-0.2, 0) is 23.7 Å². The molecule has 0 atom stereocenters. The maximum Gasteiger partial charge on any atom is 0.327 e. The van der Waals surface area contributed by atoms with E-state index >= 15 is 0 Å². The van der Waals surface area contributed by atoms with Gasteiger partial charge in [-0.05, 0) is 13.3 Å². The third-order valence-corrected chi connectivity index (χ3v) is 2.43. The minimum absolute atomic E-state index is 0.0185. The molecule has 0 saturated carbocycles. The van der Waals surface area contributed by atoms with E-state index in [1.807, 2.05) is 6.92 Å². The summed E-state index contributed by atoms with van der Waals surface area (Å²) in [6.45, 7) is 3.24. The number of amides is 1. The third kappa shape index (κ3) is 3.74. The van der Waals surface area contributed by atoms with E-state index in [2.05, 4.69) is 0 Å². The van der Waals surface area contributed by atoms with E-state index in [0.717, 1.165) is 13.0 Å². The molecule has 0 aliphatic carbocycles. The first kappa shape index (κ1) is 13.5. The molecule has 1 aliphatic rings. The van der Waals surface area contributed by atoms with Crippen molar-refractivity contribution < 1.29 is 9.63 Å². The molecule has 0 bridgehead atoms. The molecule has 2 heterocycles. The molecule has 1 amide bonds. The first-order chi connectivity index (χ1) is 8.06. The van der Waals surface area contributed by atoms with Gasteiger partial charge in [-0.2, -0.15) is 0 Å². The van der Waals surface area contributed by atoms with Gasteiger partial charge in [-0.25, -0.2) is 9.86 Å². The largest absolute Gasteiger partial charge is 0.327 e. The molecule has 0 aromatic carbocycles. The van der Waals surface area contributed by atoms with Gasteiger partial charge in [0, 0.05) is 39.5 Å². The van der Waals surface area contributed by atoms with Crippen LogP contribution in [0.4, 0.5) is 0 Å². The van der Waals surface area contributed by atoms with Gasteiger partial charge in [-0.15, -0.1) is 0 Å². The van der Waals surface area contributed by atoms with Crippen LogP contribution in [0, 0.1) is 0 Å². The van der Waals surface area contributed by atoms with Crippen molar-refractivity contribution in [2.24, 2.45) is 14.1 Å². The van der Waals surface area contributed by atoms with Crippen LogP contribution in [0.5, 0.6) is 0 Å². The molecular formula is C11H19N3O3. The summed E-state index contributed by atoms with van der Waals surface area (Å²) in [6.07, 6.45) is 5.05. The number of carbonyl (C=O) groups excluding carboxylic acids is 1. The smallest absolute Gasteiger partial charge is 0.302 e. The highest BCUT2D eigenvalue weighted by Gasteiger charge is 2.19. The second-order valence-electron chi connectivity index (χ2n) is 3.82. The van der Waals surface area contributed by atoms with Gasteiger partial charge in [0.15, 0.2) is 0 Å². The van der Waals surface area contributed by atoms with E-state index in [9.17, 15) is 9.59 Å². The number of imidazole rings is 1. The molecular weight excluding hydrogens is 222 g/mol. The zero-order chi connectivity index (χ0) is 12.8. The number of hydroxylamine groups is 2. The molecule has 1 aliphatic heterocycles. The predicted molar refractivity (Wildman–Crippen MR) is 63.2 cm³/mol. The molecule has 2 rings (SSSR count). The molecule has 96 valence electrons. The van der Waals surface area contributed by atoms with Crippen LogP contribution < -0.4 is 5.69 Å². The normalized spacial score (nSPS) is 14.8. The Labute approximate surface area is 100 Å². The maximum absolute atomic E-state index is 10.8. The molecule has 0 N–H and O–H groups in total. The van der Waals surface area contributed by atoms with Gasteiger partial charge in [0.1, 0.15) is 0 Å². The van der Waals surface area contributed by atoms with E-state index in [1.165, 1.54) is 14.2 Å². The molecule has 0 radical (unpaired) electrons. The SMILES string of the molecule is CCON1CCCC1=O.Cn1ccn(C)c1=O. The van der Waals surface area contributed by atoms with Gasteiger partial charge in [0.2, 0.25) is 5.91 Å². The van der Waals surface area contributed by atoms with Crippen molar-refractivity contribution in [3.05, 3.63) is 22.9 Å². The molecule has 1 aromatic heterocycles. The second-order valence-corrected chi connectivity index (χ2v) is 3.82. The Bertz CT molecular complexity index is 399. The predicted octanol–water partition coefficient (Wildman–Crippen LogP) is 0.284. The summed E-state index contributed by atoms with van der Waals surface area (Å²) < 4.78 is 3.06. The lowest BCUT2D eigenvalue weighted by atomic mass is 10.4. The van der Waals surface area contributed by atoms with E-state index in [0.29, 0.717) is 13.0 Å². The lowest BCUT2D eigenvalue weighted by Gasteiger charge is -2.12.